The average molecular weight is 327 g/mol. The van der Waals surface area contributed by atoms with Crippen LogP contribution in [0.1, 0.15) is 30.1 Å². The number of carbonyl (C=O) groups excluding carboxylic acids is 1. The van der Waals surface area contributed by atoms with Gasteiger partial charge in [0.1, 0.15) is 11.5 Å². The normalized spacial score (nSPS) is 16.2. The summed E-state index contributed by atoms with van der Waals surface area (Å²) < 4.78 is 10.8. The van der Waals surface area contributed by atoms with Crippen LogP contribution in [0, 0.1) is 0 Å². The number of ether oxygens (including phenoxy) is 2. The van der Waals surface area contributed by atoms with Gasteiger partial charge in [0.15, 0.2) is 6.61 Å². The van der Waals surface area contributed by atoms with E-state index in [1.54, 1.807) is 19.2 Å². The van der Waals surface area contributed by atoms with Gasteiger partial charge in [0, 0.05) is 11.8 Å². The van der Waals surface area contributed by atoms with Crippen LogP contribution in [-0.4, -0.2) is 24.7 Å². The van der Waals surface area contributed by atoms with Crippen molar-refractivity contribution < 1.29 is 19.4 Å². The fourth-order valence-electron chi connectivity index (χ4n) is 2.97. The molecule has 5 nitrogen and oxygen atoms in total. The number of hydrogen-bond acceptors (Lipinski definition) is 4. The first-order chi connectivity index (χ1) is 11.7. The maximum Gasteiger partial charge on any atom is 0.262 e. The zero-order valence-electron chi connectivity index (χ0n) is 13.6. The smallest absolute Gasteiger partial charge is 0.262 e. The molecule has 0 spiro atoms. The van der Waals surface area contributed by atoms with Crippen molar-refractivity contribution in [1.82, 2.24) is 0 Å². The molecular formula is C19H21NO4. The highest BCUT2D eigenvalue weighted by Crippen LogP contribution is 2.35. The Kier molecular flexibility index (Phi) is 5.01. The second-order valence-corrected chi connectivity index (χ2v) is 5.80. The van der Waals surface area contributed by atoms with Gasteiger partial charge in [-0.2, -0.15) is 0 Å². The van der Waals surface area contributed by atoms with Crippen LogP contribution in [0.15, 0.2) is 42.5 Å². The lowest BCUT2D eigenvalue weighted by Gasteiger charge is -2.23. The van der Waals surface area contributed by atoms with Gasteiger partial charge in [0.25, 0.3) is 5.91 Å². The number of nitrogens with one attached hydrogen (secondary N) is 1. The Labute approximate surface area is 141 Å². The van der Waals surface area contributed by atoms with Crippen molar-refractivity contribution in [3.05, 3.63) is 53.6 Å². The molecule has 0 saturated heterocycles. The molecule has 0 aromatic heterocycles. The van der Waals surface area contributed by atoms with Crippen molar-refractivity contribution in [3.8, 4) is 11.5 Å². The Hall–Kier alpha value is -2.53. The van der Waals surface area contributed by atoms with Crippen LogP contribution in [-0.2, 0) is 11.2 Å². The molecule has 24 heavy (non-hydrogen) atoms. The van der Waals surface area contributed by atoms with Crippen molar-refractivity contribution in [1.29, 1.82) is 0 Å². The summed E-state index contributed by atoms with van der Waals surface area (Å²) in [5.74, 6) is 1.11. The van der Waals surface area contributed by atoms with Gasteiger partial charge in [0.05, 0.1) is 13.2 Å². The molecule has 5 heteroatoms. The topological polar surface area (TPSA) is 67.8 Å². The third-order valence-corrected chi connectivity index (χ3v) is 4.14. The fraction of sp³-hybridized carbons (Fsp3) is 0.316. The first kappa shape index (κ1) is 16.3. The number of aliphatic hydroxyl groups excluding tert-OH is 1. The minimum Gasteiger partial charge on any atom is -0.497 e. The second kappa shape index (κ2) is 7.36. The molecule has 1 atom stereocenters. The third kappa shape index (κ3) is 3.68. The van der Waals surface area contributed by atoms with E-state index in [9.17, 15) is 9.90 Å². The molecule has 1 aliphatic rings. The molecule has 2 N–H and O–H groups in total. The van der Waals surface area contributed by atoms with Crippen LogP contribution in [0.3, 0.4) is 0 Å². The van der Waals surface area contributed by atoms with Gasteiger partial charge in [-0.25, -0.2) is 0 Å². The van der Waals surface area contributed by atoms with Crippen LogP contribution in [0.5, 0.6) is 11.5 Å². The number of rotatable bonds is 5. The van der Waals surface area contributed by atoms with Crippen LogP contribution < -0.4 is 14.8 Å². The maximum absolute atomic E-state index is 12.1. The Balaban J connectivity index is 1.63. The molecule has 2 aromatic carbocycles. The first-order valence-corrected chi connectivity index (χ1v) is 8.04. The van der Waals surface area contributed by atoms with Gasteiger partial charge in [-0.15, -0.1) is 0 Å². The lowest BCUT2D eigenvalue weighted by molar-refractivity contribution is -0.118. The van der Waals surface area contributed by atoms with Gasteiger partial charge in [-0.1, -0.05) is 18.2 Å². The number of fused-ring (bicyclic) bond motifs is 1. The SMILES string of the molecule is COc1cccc(NC(=O)COc2cccc3c2CCC[C@H]3O)c1. The maximum atomic E-state index is 12.1. The van der Waals surface area contributed by atoms with E-state index in [1.165, 1.54) is 0 Å². The van der Waals surface area contributed by atoms with Crippen LogP contribution >= 0.6 is 0 Å². The minimum absolute atomic E-state index is 0.0796. The summed E-state index contributed by atoms with van der Waals surface area (Å²) in [6.45, 7) is -0.0796. The highest BCUT2D eigenvalue weighted by atomic mass is 16.5. The molecule has 0 saturated carbocycles. The second-order valence-electron chi connectivity index (χ2n) is 5.80. The predicted molar refractivity (Wildman–Crippen MR) is 91.5 cm³/mol. The standard InChI is InChI=1S/C19H21NO4/c1-23-14-6-2-5-13(11-14)20-19(22)12-24-18-10-4-7-15-16(18)8-3-9-17(15)21/h2,4-7,10-11,17,21H,3,8-9,12H2,1H3,(H,20,22)/t17-/m1/s1. The van der Waals surface area contributed by atoms with Crippen molar-refractivity contribution in [3.63, 3.8) is 0 Å². The van der Waals surface area contributed by atoms with Gasteiger partial charge in [-0.05, 0) is 48.6 Å². The van der Waals surface area contributed by atoms with E-state index >= 15 is 0 Å². The molecule has 0 radical (unpaired) electrons. The monoisotopic (exact) mass is 327 g/mol. The summed E-state index contributed by atoms with van der Waals surface area (Å²) in [4.78, 5) is 12.1. The fourth-order valence-corrected chi connectivity index (χ4v) is 2.97. The minimum atomic E-state index is -0.442. The molecule has 2 aromatic rings. The number of amides is 1. The molecule has 0 heterocycles. The summed E-state index contributed by atoms with van der Waals surface area (Å²) in [5, 5.41) is 12.8. The molecule has 0 unspecified atom stereocenters. The van der Waals surface area contributed by atoms with Crippen LogP contribution in [0.25, 0.3) is 0 Å². The van der Waals surface area contributed by atoms with Gasteiger partial charge in [-0.3, -0.25) is 4.79 Å². The zero-order valence-corrected chi connectivity index (χ0v) is 13.6. The van der Waals surface area contributed by atoms with Crippen molar-refractivity contribution in [2.24, 2.45) is 0 Å². The molecule has 0 bridgehead atoms. The molecule has 3 rings (SSSR count). The quantitative estimate of drug-likeness (QED) is 0.885. The lowest BCUT2D eigenvalue weighted by Crippen LogP contribution is -2.21. The Bertz CT molecular complexity index is 729. The summed E-state index contributed by atoms with van der Waals surface area (Å²) in [6, 6.07) is 12.8. The number of carbonyl (C=O) groups is 1. The summed E-state index contributed by atoms with van der Waals surface area (Å²) in [5.41, 5.74) is 2.57. The van der Waals surface area contributed by atoms with Gasteiger partial charge in [0.2, 0.25) is 0 Å². The Morgan fingerprint density at radius 2 is 2.12 bits per heavy atom. The van der Waals surface area contributed by atoms with Gasteiger partial charge < -0.3 is 19.9 Å². The number of hydrogen-bond donors (Lipinski definition) is 2. The summed E-state index contributed by atoms with van der Waals surface area (Å²) in [7, 11) is 1.58. The van der Waals surface area contributed by atoms with Crippen molar-refractivity contribution >= 4 is 11.6 Å². The molecule has 126 valence electrons. The largest absolute Gasteiger partial charge is 0.497 e. The van der Waals surface area contributed by atoms with Gasteiger partial charge >= 0.3 is 0 Å². The Morgan fingerprint density at radius 1 is 1.29 bits per heavy atom. The summed E-state index contributed by atoms with van der Waals surface area (Å²) >= 11 is 0. The van der Waals surface area contributed by atoms with E-state index in [2.05, 4.69) is 5.32 Å². The van der Waals surface area contributed by atoms with E-state index in [4.69, 9.17) is 9.47 Å². The molecular weight excluding hydrogens is 306 g/mol. The number of benzene rings is 2. The third-order valence-electron chi connectivity index (χ3n) is 4.14. The average Bonchev–Trinajstić information content (AvgIpc) is 2.60. The molecule has 1 aliphatic carbocycles. The summed E-state index contributed by atoms with van der Waals surface area (Å²) in [6.07, 6.45) is 2.11. The highest BCUT2D eigenvalue weighted by molar-refractivity contribution is 5.92. The predicted octanol–water partition coefficient (Wildman–Crippen LogP) is 3.08. The van der Waals surface area contributed by atoms with E-state index in [-0.39, 0.29) is 12.5 Å². The number of aliphatic hydroxyl groups is 1. The van der Waals surface area contributed by atoms with Crippen LogP contribution in [0.4, 0.5) is 5.69 Å². The van der Waals surface area contributed by atoms with Crippen LogP contribution in [0.2, 0.25) is 0 Å². The lowest BCUT2D eigenvalue weighted by atomic mass is 9.89. The van der Waals surface area contributed by atoms with E-state index in [1.807, 2.05) is 30.3 Å². The number of methoxy groups -OCH3 is 1. The zero-order chi connectivity index (χ0) is 16.9. The number of anilines is 1. The van der Waals surface area contributed by atoms with E-state index in [0.717, 1.165) is 30.4 Å². The highest BCUT2D eigenvalue weighted by Gasteiger charge is 2.21. The first-order valence-electron chi connectivity index (χ1n) is 8.04. The Morgan fingerprint density at radius 3 is 2.96 bits per heavy atom. The molecule has 0 fully saturated rings. The van der Waals surface area contributed by atoms with E-state index < -0.39 is 6.10 Å². The van der Waals surface area contributed by atoms with Crippen molar-refractivity contribution in [2.45, 2.75) is 25.4 Å². The molecule has 0 aliphatic heterocycles. The van der Waals surface area contributed by atoms with E-state index in [0.29, 0.717) is 17.2 Å². The van der Waals surface area contributed by atoms with Crippen molar-refractivity contribution in [2.75, 3.05) is 19.0 Å². The molecule has 1 amide bonds.